The number of fused-ring (bicyclic) bond motifs is 2. The van der Waals surface area contributed by atoms with Crippen LogP contribution in [0.25, 0.3) is 21.5 Å². The maximum atomic E-state index is 14.3. The van der Waals surface area contributed by atoms with Crippen LogP contribution < -0.4 is 4.18 Å². The largest absolute Gasteiger partial charge is 0.379 e. The van der Waals surface area contributed by atoms with Crippen molar-refractivity contribution in [2.45, 2.75) is 47.8 Å². The Morgan fingerprint density at radius 2 is 1.39 bits per heavy atom. The van der Waals surface area contributed by atoms with Crippen LogP contribution in [0.4, 0.5) is 0 Å². The number of ether oxygens (including phenoxy) is 1. The summed E-state index contributed by atoms with van der Waals surface area (Å²) >= 11 is 12.2. The molecule has 1 atom stereocenters. The summed E-state index contributed by atoms with van der Waals surface area (Å²) in [6.07, 6.45) is 8.38. The highest BCUT2D eigenvalue weighted by molar-refractivity contribution is 7.89. The van der Waals surface area contributed by atoms with E-state index in [1.807, 2.05) is 18.2 Å². The summed E-state index contributed by atoms with van der Waals surface area (Å²) in [4.78, 5) is 10.8. The zero-order chi connectivity index (χ0) is 37.9. The van der Waals surface area contributed by atoms with Crippen LogP contribution in [-0.4, -0.2) is 74.8 Å². The summed E-state index contributed by atoms with van der Waals surface area (Å²) in [5.74, 6) is 0.148. The Hall–Kier alpha value is -4.14. The van der Waals surface area contributed by atoms with Crippen LogP contribution in [0, 0.1) is 0 Å². The molecule has 0 N–H and O–H groups in total. The number of likely N-dealkylation sites (N-methyl/N-ethyl adjacent to an activating group) is 1. The number of aromatic nitrogens is 2. The molecule has 280 valence electrons. The van der Waals surface area contributed by atoms with Gasteiger partial charge in [0.05, 0.1) is 27.7 Å². The molecule has 0 aliphatic carbocycles. The molecule has 1 aliphatic heterocycles. The fraction of sp³-hybridized carbons (Fsp3) is 0.250. The lowest BCUT2D eigenvalue weighted by atomic mass is 10.0. The highest BCUT2D eigenvalue weighted by atomic mass is 35.5. The zero-order valence-electron chi connectivity index (χ0n) is 29.4. The monoisotopic (exact) mass is 804 g/mol. The molecule has 7 rings (SSSR count). The topological polar surface area (TPSA) is 119 Å². The summed E-state index contributed by atoms with van der Waals surface area (Å²) in [7, 11) is -6.48. The predicted octanol–water partition coefficient (Wildman–Crippen LogP) is 7.77. The Kier molecular flexibility index (Phi) is 11.5. The van der Waals surface area contributed by atoms with Gasteiger partial charge in [-0.05, 0) is 78.9 Å². The van der Waals surface area contributed by atoms with Crippen molar-refractivity contribution in [3.8, 4) is 5.75 Å². The van der Waals surface area contributed by atoms with Gasteiger partial charge in [-0.25, -0.2) is 8.42 Å². The Morgan fingerprint density at radius 1 is 0.778 bits per heavy atom. The van der Waals surface area contributed by atoms with Crippen molar-refractivity contribution in [2.75, 3.05) is 26.7 Å². The quantitative estimate of drug-likeness (QED) is 0.108. The molecule has 3 heterocycles. The molecule has 1 saturated heterocycles. The average Bonchev–Trinajstić information content (AvgIpc) is 3.18. The summed E-state index contributed by atoms with van der Waals surface area (Å²) in [5.41, 5.74) is 1.77. The number of nitrogens with zero attached hydrogens (tertiary/aromatic N) is 4. The van der Waals surface area contributed by atoms with E-state index in [-0.39, 0.29) is 21.6 Å². The number of sulfonamides is 1. The Labute approximate surface area is 325 Å². The van der Waals surface area contributed by atoms with E-state index in [4.69, 9.17) is 32.1 Å². The Morgan fingerprint density at radius 3 is 2.04 bits per heavy atom. The van der Waals surface area contributed by atoms with Gasteiger partial charge in [-0.15, -0.1) is 0 Å². The van der Waals surface area contributed by atoms with E-state index in [9.17, 15) is 16.8 Å². The number of piperidine rings is 1. The second-order valence-corrected chi connectivity index (χ2v) is 17.6. The van der Waals surface area contributed by atoms with E-state index in [0.717, 1.165) is 42.4 Å². The highest BCUT2D eigenvalue weighted by Gasteiger charge is 2.32. The molecule has 0 saturated carbocycles. The van der Waals surface area contributed by atoms with Crippen LogP contribution in [0.15, 0.2) is 126 Å². The van der Waals surface area contributed by atoms with Crippen molar-refractivity contribution < 1.29 is 25.8 Å². The fourth-order valence-corrected chi connectivity index (χ4v) is 9.85. The van der Waals surface area contributed by atoms with Crippen LogP contribution in [-0.2, 0) is 37.9 Å². The van der Waals surface area contributed by atoms with Crippen LogP contribution in [0.1, 0.15) is 24.0 Å². The first kappa shape index (κ1) is 38.1. The number of hydrogen-bond donors (Lipinski definition) is 0. The Balaban J connectivity index is 1.08. The average molecular weight is 806 g/mol. The third-order valence-electron chi connectivity index (χ3n) is 9.80. The van der Waals surface area contributed by atoms with Gasteiger partial charge in [-0.1, -0.05) is 65.7 Å². The van der Waals surface area contributed by atoms with Crippen molar-refractivity contribution in [3.05, 3.63) is 137 Å². The second-order valence-electron chi connectivity index (χ2n) is 13.3. The fourth-order valence-electron chi connectivity index (χ4n) is 6.81. The third-order valence-corrected chi connectivity index (χ3v) is 13.8. The molecule has 1 fully saturated rings. The predicted molar refractivity (Wildman–Crippen MR) is 211 cm³/mol. The first-order chi connectivity index (χ1) is 26.0. The number of hydrogen-bond acceptors (Lipinski definition) is 9. The van der Waals surface area contributed by atoms with E-state index in [1.165, 1.54) is 16.6 Å². The maximum absolute atomic E-state index is 14.3. The maximum Gasteiger partial charge on any atom is 0.339 e. The number of pyridine rings is 2. The summed E-state index contributed by atoms with van der Waals surface area (Å²) in [6, 6.07) is 25.3. The summed E-state index contributed by atoms with van der Waals surface area (Å²) in [6.45, 7) is 2.35. The molecular formula is C40H38Cl2N4O6S2. The van der Waals surface area contributed by atoms with Gasteiger partial charge in [0.15, 0.2) is 0 Å². The SMILES string of the molecule is CN(C(Cc1ccc(OS(=O)(=O)c2cccc3cnccc23)cc1)CN1CCC(OCc2ccc(Cl)c(Cl)c2)CC1)S(=O)(=O)c1cccc2cnccc12. The molecule has 14 heteroatoms. The van der Waals surface area contributed by atoms with E-state index >= 15 is 0 Å². The molecule has 0 bridgehead atoms. The van der Waals surface area contributed by atoms with Crippen LogP contribution in [0.3, 0.4) is 0 Å². The van der Waals surface area contributed by atoms with Gasteiger partial charge in [-0.3, -0.25) is 9.97 Å². The molecule has 2 aromatic heterocycles. The van der Waals surface area contributed by atoms with Crippen molar-refractivity contribution >= 4 is 64.9 Å². The minimum absolute atomic E-state index is 0.0473. The van der Waals surface area contributed by atoms with Gasteiger partial charge in [0.2, 0.25) is 10.0 Å². The number of rotatable bonds is 13. The third kappa shape index (κ3) is 8.55. The first-order valence-electron chi connectivity index (χ1n) is 17.4. The molecule has 10 nitrogen and oxygen atoms in total. The molecule has 0 radical (unpaired) electrons. The first-order valence-corrected chi connectivity index (χ1v) is 21.0. The van der Waals surface area contributed by atoms with Gasteiger partial charge in [0, 0.05) is 79.1 Å². The molecular weight excluding hydrogens is 768 g/mol. The smallest absolute Gasteiger partial charge is 0.339 e. The lowest BCUT2D eigenvalue weighted by molar-refractivity contribution is -0.00510. The van der Waals surface area contributed by atoms with Crippen molar-refractivity contribution in [1.29, 1.82) is 0 Å². The minimum atomic E-state index is -4.15. The van der Waals surface area contributed by atoms with Crippen molar-refractivity contribution in [1.82, 2.24) is 19.2 Å². The molecule has 6 aromatic rings. The molecule has 0 spiro atoms. The van der Waals surface area contributed by atoms with Gasteiger partial charge in [-0.2, -0.15) is 12.7 Å². The van der Waals surface area contributed by atoms with E-state index in [2.05, 4.69) is 14.9 Å². The van der Waals surface area contributed by atoms with Gasteiger partial charge in [0.25, 0.3) is 0 Å². The number of benzene rings is 4. The number of halogens is 2. The molecule has 1 unspecified atom stereocenters. The normalized spacial score (nSPS) is 15.2. The number of likely N-dealkylation sites (tertiary alicyclic amines) is 1. The van der Waals surface area contributed by atoms with Crippen LogP contribution in [0.2, 0.25) is 10.0 Å². The highest BCUT2D eigenvalue weighted by Crippen LogP contribution is 2.30. The zero-order valence-corrected chi connectivity index (χ0v) is 32.5. The standard InChI is InChI=1S/C40H38Cl2N4O6S2/c1-45(53(47,48)39-6-2-4-30-24-43-18-14-35(30)39)32(26-46-20-16-33(17-21-46)51-27-29-10-13-37(41)38(42)23-29)22-28-8-11-34(12-9-28)52-54(49,50)40-7-3-5-31-25-44-19-15-36(31)40/h2-15,18-19,23-25,32-33H,16-17,20-22,26-27H2,1H3. The lowest BCUT2D eigenvalue weighted by Crippen LogP contribution is -2.48. The van der Waals surface area contributed by atoms with Gasteiger partial charge < -0.3 is 13.8 Å². The van der Waals surface area contributed by atoms with Gasteiger partial charge >= 0.3 is 10.1 Å². The lowest BCUT2D eigenvalue weighted by Gasteiger charge is -2.37. The van der Waals surface area contributed by atoms with Crippen LogP contribution >= 0.6 is 23.2 Å². The summed E-state index contributed by atoms with van der Waals surface area (Å²) in [5, 5.41) is 3.52. The summed E-state index contributed by atoms with van der Waals surface area (Å²) < 4.78 is 68.6. The molecule has 1 aliphatic rings. The van der Waals surface area contributed by atoms with Crippen LogP contribution in [0.5, 0.6) is 5.75 Å². The minimum Gasteiger partial charge on any atom is -0.379 e. The second kappa shape index (κ2) is 16.3. The Bertz CT molecular complexity index is 2490. The molecule has 4 aromatic carbocycles. The van der Waals surface area contributed by atoms with Gasteiger partial charge in [0.1, 0.15) is 10.6 Å². The van der Waals surface area contributed by atoms with E-state index in [1.54, 1.807) is 92.4 Å². The van der Waals surface area contributed by atoms with Crippen molar-refractivity contribution in [2.24, 2.45) is 0 Å². The van der Waals surface area contributed by atoms with E-state index < -0.39 is 26.2 Å². The molecule has 0 amide bonds. The van der Waals surface area contributed by atoms with E-state index in [0.29, 0.717) is 45.8 Å². The molecule has 54 heavy (non-hydrogen) atoms. The van der Waals surface area contributed by atoms with Crippen molar-refractivity contribution in [3.63, 3.8) is 0 Å².